The summed E-state index contributed by atoms with van der Waals surface area (Å²) in [4.78, 5) is 0. The SMILES string of the molecule is CCC[N+]1(CC2CCCC2)CCCC1. The largest absolute Gasteiger partial charge is 0.323 e. The molecular formula is C13H26N+. The van der Waals surface area contributed by atoms with Crippen LogP contribution in [0.5, 0.6) is 0 Å². The summed E-state index contributed by atoms with van der Waals surface area (Å²) in [6.45, 7) is 8.31. The second-order valence-corrected chi connectivity index (χ2v) is 5.55. The summed E-state index contributed by atoms with van der Waals surface area (Å²) in [6.07, 6.45) is 10.5. The maximum absolute atomic E-state index is 2.35. The molecule has 0 spiro atoms. The van der Waals surface area contributed by atoms with E-state index in [1.54, 1.807) is 0 Å². The van der Waals surface area contributed by atoms with E-state index in [0.29, 0.717) is 0 Å². The molecule has 1 heteroatoms. The molecule has 1 aliphatic carbocycles. The van der Waals surface area contributed by atoms with Crippen LogP contribution < -0.4 is 0 Å². The van der Waals surface area contributed by atoms with Gasteiger partial charge in [0.05, 0.1) is 26.2 Å². The molecule has 0 amide bonds. The average molecular weight is 196 g/mol. The van der Waals surface area contributed by atoms with Crippen LogP contribution in [0.4, 0.5) is 0 Å². The zero-order valence-electron chi connectivity index (χ0n) is 9.80. The van der Waals surface area contributed by atoms with Crippen molar-refractivity contribution < 1.29 is 4.48 Å². The van der Waals surface area contributed by atoms with Crippen LogP contribution in [-0.2, 0) is 0 Å². The first-order chi connectivity index (χ1) is 6.85. The van der Waals surface area contributed by atoms with Gasteiger partial charge in [0.25, 0.3) is 0 Å². The summed E-state index contributed by atoms with van der Waals surface area (Å²) in [5.74, 6) is 1.08. The van der Waals surface area contributed by atoms with E-state index in [1.165, 1.54) is 75.6 Å². The molecule has 1 saturated heterocycles. The topological polar surface area (TPSA) is 0 Å². The first kappa shape index (κ1) is 10.5. The Kier molecular flexibility index (Phi) is 3.48. The minimum atomic E-state index is 1.08. The highest BCUT2D eigenvalue weighted by molar-refractivity contribution is 4.68. The third-order valence-corrected chi connectivity index (χ3v) is 4.33. The van der Waals surface area contributed by atoms with E-state index in [4.69, 9.17) is 0 Å². The molecule has 14 heavy (non-hydrogen) atoms. The van der Waals surface area contributed by atoms with Gasteiger partial charge >= 0.3 is 0 Å². The summed E-state index contributed by atoms with van der Waals surface area (Å²) in [7, 11) is 0. The van der Waals surface area contributed by atoms with Gasteiger partial charge in [0.15, 0.2) is 0 Å². The minimum absolute atomic E-state index is 1.08. The standard InChI is InChI=1S/C13H26N/c1-2-9-14(10-5-6-11-14)12-13-7-3-4-8-13/h13H,2-12H2,1H3/q+1. The third-order valence-electron chi connectivity index (χ3n) is 4.33. The molecule has 0 atom stereocenters. The van der Waals surface area contributed by atoms with Crippen molar-refractivity contribution >= 4 is 0 Å². The number of nitrogens with zero attached hydrogens (tertiary/aromatic N) is 1. The summed E-state index contributed by atoms with van der Waals surface area (Å²) in [5.41, 5.74) is 0. The Morgan fingerprint density at radius 3 is 2.21 bits per heavy atom. The molecule has 0 aromatic carbocycles. The number of rotatable bonds is 4. The number of likely N-dealkylation sites (tertiary alicyclic amines) is 1. The Balaban J connectivity index is 1.89. The molecule has 1 nitrogen and oxygen atoms in total. The lowest BCUT2D eigenvalue weighted by molar-refractivity contribution is -0.919. The normalized spacial score (nSPS) is 27.2. The van der Waals surface area contributed by atoms with Gasteiger partial charge in [-0.2, -0.15) is 0 Å². The zero-order chi connectivity index (χ0) is 9.86. The molecular weight excluding hydrogens is 170 g/mol. The van der Waals surface area contributed by atoms with Crippen molar-refractivity contribution in [3.05, 3.63) is 0 Å². The molecule has 0 aromatic heterocycles. The van der Waals surface area contributed by atoms with Crippen molar-refractivity contribution in [3.8, 4) is 0 Å². The van der Waals surface area contributed by atoms with Crippen LogP contribution in [0.2, 0.25) is 0 Å². The Bertz CT molecular complexity index is 164. The van der Waals surface area contributed by atoms with E-state index in [9.17, 15) is 0 Å². The first-order valence-electron chi connectivity index (χ1n) is 6.70. The smallest absolute Gasteiger partial charge is 0.0815 e. The maximum Gasteiger partial charge on any atom is 0.0815 e. The maximum atomic E-state index is 2.35. The molecule has 2 rings (SSSR count). The molecule has 82 valence electrons. The molecule has 2 fully saturated rings. The summed E-state index contributed by atoms with van der Waals surface area (Å²) >= 11 is 0. The van der Waals surface area contributed by atoms with Gasteiger partial charge in [0.2, 0.25) is 0 Å². The third kappa shape index (κ3) is 2.31. The molecule has 2 aliphatic rings. The molecule has 1 heterocycles. The highest BCUT2D eigenvalue weighted by Gasteiger charge is 2.34. The van der Waals surface area contributed by atoms with Gasteiger partial charge in [-0.3, -0.25) is 0 Å². The second kappa shape index (κ2) is 4.65. The minimum Gasteiger partial charge on any atom is -0.323 e. The Morgan fingerprint density at radius 1 is 1.00 bits per heavy atom. The summed E-state index contributed by atoms with van der Waals surface area (Å²) in [5, 5.41) is 0. The van der Waals surface area contributed by atoms with Gasteiger partial charge in [-0.15, -0.1) is 0 Å². The Hall–Kier alpha value is -0.0400. The fourth-order valence-corrected chi connectivity index (χ4v) is 3.72. The van der Waals surface area contributed by atoms with Crippen LogP contribution in [0.25, 0.3) is 0 Å². The predicted molar refractivity (Wildman–Crippen MR) is 61.2 cm³/mol. The molecule has 1 aliphatic heterocycles. The van der Waals surface area contributed by atoms with Gasteiger partial charge in [0, 0.05) is 18.8 Å². The molecule has 0 unspecified atom stereocenters. The van der Waals surface area contributed by atoms with Gasteiger partial charge in [-0.1, -0.05) is 19.8 Å². The van der Waals surface area contributed by atoms with Gasteiger partial charge < -0.3 is 4.48 Å². The second-order valence-electron chi connectivity index (χ2n) is 5.55. The van der Waals surface area contributed by atoms with Crippen molar-refractivity contribution in [2.75, 3.05) is 26.2 Å². The lowest BCUT2D eigenvalue weighted by Gasteiger charge is -2.36. The number of quaternary nitrogens is 1. The van der Waals surface area contributed by atoms with E-state index < -0.39 is 0 Å². The van der Waals surface area contributed by atoms with Crippen molar-refractivity contribution in [1.29, 1.82) is 0 Å². The lowest BCUT2D eigenvalue weighted by Crippen LogP contribution is -2.48. The molecule has 0 bridgehead atoms. The van der Waals surface area contributed by atoms with Crippen LogP contribution in [0.3, 0.4) is 0 Å². The number of hydrogen-bond acceptors (Lipinski definition) is 0. The fourth-order valence-electron chi connectivity index (χ4n) is 3.72. The molecule has 0 N–H and O–H groups in total. The van der Waals surface area contributed by atoms with Crippen molar-refractivity contribution in [2.24, 2.45) is 5.92 Å². The Labute approximate surface area is 89.1 Å². The van der Waals surface area contributed by atoms with Gasteiger partial charge in [-0.25, -0.2) is 0 Å². The van der Waals surface area contributed by atoms with Crippen LogP contribution in [-0.4, -0.2) is 30.7 Å². The zero-order valence-corrected chi connectivity index (χ0v) is 9.80. The first-order valence-corrected chi connectivity index (χ1v) is 6.70. The van der Waals surface area contributed by atoms with Crippen molar-refractivity contribution in [3.63, 3.8) is 0 Å². The van der Waals surface area contributed by atoms with E-state index >= 15 is 0 Å². The molecule has 1 saturated carbocycles. The van der Waals surface area contributed by atoms with Crippen LogP contribution in [0.15, 0.2) is 0 Å². The monoisotopic (exact) mass is 196 g/mol. The van der Waals surface area contributed by atoms with E-state index in [-0.39, 0.29) is 0 Å². The van der Waals surface area contributed by atoms with E-state index in [1.807, 2.05) is 0 Å². The van der Waals surface area contributed by atoms with Crippen LogP contribution in [0.1, 0.15) is 51.9 Å². The van der Waals surface area contributed by atoms with Crippen molar-refractivity contribution in [2.45, 2.75) is 51.9 Å². The van der Waals surface area contributed by atoms with E-state index in [0.717, 1.165) is 5.92 Å². The Morgan fingerprint density at radius 2 is 1.64 bits per heavy atom. The molecule has 0 aromatic rings. The van der Waals surface area contributed by atoms with Crippen molar-refractivity contribution in [1.82, 2.24) is 0 Å². The van der Waals surface area contributed by atoms with Crippen LogP contribution in [0, 0.1) is 5.92 Å². The quantitative estimate of drug-likeness (QED) is 0.606. The number of hydrogen-bond donors (Lipinski definition) is 0. The average Bonchev–Trinajstić information content (AvgIpc) is 2.78. The fraction of sp³-hybridized carbons (Fsp3) is 1.00. The van der Waals surface area contributed by atoms with Gasteiger partial charge in [-0.05, 0) is 19.3 Å². The van der Waals surface area contributed by atoms with Gasteiger partial charge in [0.1, 0.15) is 0 Å². The van der Waals surface area contributed by atoms with E-state index in [2.05, 4.69) is 6.92 Å². The van der Waals surface area contributed by atoms with Crippen LogP contribution >= 0.6 is 0 Å². The highest BCUT2D eigenvalue weighted by atomic mass is 15.4. The summed E-state index contributed by atoms with van der Waals surface area (Å²) in [6, 6.07) is 0. The predicted octanol–water partition coefficient (Wildman–Crippen LogP) is 3.20. The highest BCUT2D eigenvalue weighted by Crippen LogP contribution is 2.30. The summed E-state index contributed by atoms with van der Waals surface area (Å²) < 4.78 is 1.49. The molecule has 0 radical (unpaired) electrons. The lowest BCUT2D eigenvalue weighted by atomic mass is 10.1.